The second kappa shape index (κ2) is 8.73. The Kier molecular flexibility index (Phi) is 6.56. The second-order valence-corrected chi connectivity index (χ2v) is 4.81. The van der Waals surface area contributed by atoms with Gasteiger partial charge in [0.05, 0.1) is 26.0 Å². The average Bonchev–Trinajstić information content (AvgIpc) is 2.99. The van der Waals surface area contributed by atoms with Gasteiger partial charge in [-0.3, -0.25) is 9.69 Å². The van der Waals surface area contributed by atoms with Gasteiger partial charge in [-0.15, -0.1) is 0 Å². The van der Waals surface area contributed by atoms with Crippen LogP contribution in [0.15, 0.2) is 22.8 Å². The third-order valence-corrected chi connectivity index (χ3v) is 3.28. The Labute approximate surface area is 119 Å². The largest absolute Gasteiger partial charge is 0.467 e. The molecule has 1 aliphatic heterocycles. The average molecular weight is 281 g/mol. The lowest BCUT2D eigenvalue weighted by atomic mass is 10.3. The molecule has 2 heterocycles. The molecule has 2 rings (SSSR count). The predicted molar refractivity (Wildman–Crippen MR) is 75.3 cm³/mol. The molecule has 0 aliphatic carbocycles. The molecule has 2 N–H and O–H groups in total. The number of hydrogen-bond donors (Lipinski definition) is 2. The first-order valence-electron chi connectivity index (χ1n) is 7.14. The summed E-state index contributed by atoms with van der Waals surface area (Å²) < 4.78 is 10.4. The molecule has 1 aliphatic rings. The molecule has 0 saturated carbocycles. The maximum Gasteiger partial charge on any atom is 0.221 e. The lowest BCUT2D eigenvalue weighted by Gasteiger charge is -2.26. The zero-order valence-electron chi connectivity index (χ0n) is 11.8. The highest BCUT2D eigenvalue weighted by Crippen LogP contribution is 1.98. The standard InChI is InChI=1S/C14H23N3O3/c18-14(16-12-13-2-1-9-20-13)3-4-15-5-6-17-7-10-19-11-8-17/h1-2,9,15H,3-8,10-12H2,(H,16,18). The summed E-state index contributed by atoms with van der Waals surface area (Å²) in [5.41, 5.74) is 0. The van der Waals surface area contributed by atoms with E-state index in [4.69, 9.17) is 9.15 Å². The molecule has 112 valence electrons. The van der Waals surface area contributed by atoms with Crippen molar-refractivity contribution in [3.05, 3.63) is 24.2 Å². The van der Waals surface area contributed by atoms with E-state index in [1.54, 1.807) is 6.26 Å². The van der Waals surface area contributed by atoms with Crippen LogP contribution in [0.3, 0.4) is 0 Å². The van der Waals surface area contributed by atoms with Crippen LogP contribution in [0.1, 0.15) is 12.2 Å². The summed E-state index contributed by atoms with van der Waals surface area (Å²) in [5.74, 6) is 0.818. The van der Waals surface area contributed by atoms with E-state index in [1.807, 2.05) is 12.1 Å². The molecule has 6 heteroatoms. The Morgan fingerprint density at radius 1 is 1.30 bits per heavy atom. The number of hydrogen-bond acceptors (Lipinski definition) is 5. The number of amides is 1. The van der Waals surface area contributed by atoms with E-state index in [-0.39, 0.29) is 5.91 Å². The molecular formula is C14H23N3O3. The smallest absolute Gasteiger partial charge is 0.221 e. The maximum absolute atomic E-state index is 11.6. The summed E-state index contributed by atoms with van der Waals surface area (Å²) in [4.78, 5) is 14.0. The molecule has 20 heavy (non-hydrogen) atoms. The van der Waals surface area contributed by atoms with Crippen molar-refractivity contribution in [1.82, 2.24) is 15.5 Å². The Morgan fingerprint density at radius 2 is 2.15 bits per heavy atom. The Hall–Kier alpha value is -1.37. The van der Waals surface area contributed by atoms with Crippen molar-refractivity contribution in [2.45, 2.75) is 13.0 Å². The summed E-state index contributed by atoms with van der Waals surface area (Å²) in [6.07, 6.45) is 2.10. The van der Waals surface area contributed by atoms with Gasteiger partial charge in [0.1, 0.15) is 5.76 Å². The van der Waals surface area contributed by atoms with Gasteiger partial charge in [0.2, 0.25) is 5.91 Å². The number of carbonyl (C=O) groups excluding carboxylic acids is 1. The van der Waals surface area contributed by atoms with Crippen LogP contribution < -0.4 is 10.6 Å². The number of carbonyl (C=O) groups is 1. The van der Waals surface area contributed by atoms with Crippen LogP contribution in [-0.4, -0.2) is 56.7 Å². The summed E-state index contributed by atoms with van der Waals surface area (Å²) in [6, 6.07) is 3.66. The van der Waals surface area contributed by atoms with Crippen LogP contribution in [0.2, 0.25) is 0 Å². The molecule has 6 nitrogen and oxygen atoms in total. The monoisotopic (exact) mass is 281 g/mol. The van der Waals surface area contributed by atoms with Gasteiger partial charge in [0.15, 0.2) is 0 Å². The van der Waals surface area contributed by atoms with Crippen molar-refractivity contribution in [2.24, 2.45) is 0 Å². The zero-order chi connectivity index (χ0) is 14.0. The molecule has 0 spiro atoms. The van der Waals surface area contributed by atoms with E-state index in [0.717, 1.165) is 45.2 Å². The highest BCUT2D eigenvalue weighted by molar-refractivity contribution is 5.75. The van der Waals surface area contributed by atoms with Crippen molar-refractivity contribution in [1.29, 1.82) is 0 Å². The van der Waals surface area contributed by atoms with Crippen LogP contribution >= 0.6 is 0 Å². The Bertz CT molecular complexity index is 375. The summed E-state index contributed by atoms with van der Waals surface area (Å²) in [5, 5.41) is 6.12. The molecule has 0 unspecified atom stereocenters. The predicted octanol–water partition coefficient (Wildman–Crippen LogP) is 0.208. The molecule has 0 atom stereocenters. The first kappa shape index (κ1) is 15.0. The van der Waals surface area contributed by atoms with E-state index in [0.29, 0.717) is 19.5 Å². The topological polar surface area (TPSA) is 66.7 Å². The molecule has 0 aromatic carbocycles. The molecular weight excluding hydrogens is 258 g/mol. The summed E-state index contributed by atoms with van der Waals surface area (Å²) in [6.45, 7) is 6.75. The Morgan fingerprint density at radius 3 is 2.90 bits per heavy atom. The first-order valence-corrected chi connectivity index (χ1v) is 7.14. The number of nitrogens with zero attached hydrogens (tertiary/aromatic N) is 1. The van der Waals surface area contributed by atoms with E-state index < -0.39 is 0 Å². The molecule has 0 radical (unpaired) electrons. The minimum atomic E-state index is 0.0419. The van der Waals surface area contributed by atoms with Gasteiger partial charge in [-0.05, 0) is 12.1 Å². The van der Waals surface area contributed by atoms with E-state index >= 15 is 0 Å². The SMILES string of the molecule is O=C(CCNCCN1CCOCC1)NCc1ccco1. The molecule has 0 bridgehead atoms. The fourth-order valence-electron chi connectivity index (χ4n) is 2.08. The lowest BCUT2D eigenvalue weighted by Crippen LogP contribution is -2.40. The van der Waals surface area contributed by atoms with Crippen molar-refractivity contribution in [2.75, 3.05) is 45.9 Å². The second-order valence-electron chi connectivity index (χ2n) is 4.81. The van der Waals surface area contributed by atoms with Gasteiger partial charge < -0.3 is 19.8 Å². The fourth-order valence-corrected chi connectivity index (χ4v) is 2.08. The molecule has 1 aromatic rings. The highest BCUT2D eigenvalue weighted by Gasteiger charge is 2.09. The zero-order valence-corrected chi connectivity index (χ0v) is 11.8. The van der Waals surface area contributed by atoms with Crippen LogP contribution in [0.25, 0.3) is 0 Å². The number of nitrogens with one attached hydrogen (secondary N) is 2. The van der Waals surface area contributed by atoms with Crippen LogP contribution in [0.4, 0.5) is 0 Å². The minimum absolute atomic E-state index is 0.0419. The van der Waals surface area contributed by atoms with Crippen LogP contribution in [0, 0.1) is 0 Å². The minimum Gasteiger partial charge on any atom is -0.467 e. The van der Waals surface area contributed by atoms with Gasteiger partial charge in [-0.1, -0.05) is 0 Å². The van der Waals surface area contributed by atoms with Gasteiger partial charge >= 0.3 is 0 Å². The molecule has 1 aromatic heterocycles. The van der Waals surface area contributed by atoms with E-state index in [1.165, 1.54) is 0 Å². The quantitative estimate of drug-likeness (QED) is 0.667. The molecule has 1 amide bonds. The normalized spacial score (nSPS) is 16.2. The fraction of sp³-hybridized carbons (Fsp3) is 0.643. The van der Waals surface area contributed by atoms with Crippen molar-refractivity contribution in [3.63, 3.8) is 0 Å². The third kappa shape index (κ3) is 5.73. The lowest BCUT2D eigenvalue weighted by molar-refractivity contribution is -0.121. The maximum atomic E-state index is 11.6. The van der Waals surface area contributed by atoms with Crippen molar-refractivity contribution in [3.8, 4) is 0 Å². The van der Waals surface area contributed by atoms with Crippen LogP contribution in [-0.2, 0) is 16.1 Å². The number of ether oxygens (including phenoxy) is 1. The van der Waals surface area contributed by atoms with Crippen molar-refractivity contribution < 1.29 is 13.9 Å². The van der Waals surface area contributed by atoms with E-state index in [9.17, 15) is 4.79 Å². The van der Waals surface area contributed by atoms with Gasteiger partial charge in [0.25, 0.3) is 0 Å². The van der Waals surface area contributed by atoms with Gasteiger partial charge in [0, 0.05) is 39.1 Å². The summed E-state index contributed by atoms with van der Waals surface area (Å²) >= 11 is 0. The number of furan rings is 1. The highest BCUT2D eigenvalue weighted by atomic mass is 16.5. The molecule has 1 fully saturated rings. The van der Waals surface area contributed by atoms with E-state index in [2.05, 4.69) is 15.5 Å². The third-order valence-electron chi connectivity index (χ3n) is 3.28. The molecule has 1 saturated heterocycles. The number of rotatable bonds is 8. The van der Waals surface area contributed by atoms with Crippen molar-refractivity contribution >= 4 is 5.91 Å². The van der Waals surface area contributed by atoms with Gasteiger partial charge in [-0.2, -0.15) is 0 Å². The first-order chi connectivity index (χ1) is 9.84. The number of morpholine rings is 1. The van der Waals surface area contributed by atoms with Gasteiger partial charge in [-0.25, -0.2) is 0 Å². The summed E-state index contributed by atoms with van der Waals surface area (Å²) in [7, 11) is 0. The Balaban J connectivity index is 1.45. The van der Waals surface area contributed by atoms with Crippen LogP contribution in [0.5, 0.6) is 0 Å².